The van der Waals surface area contributed by atoms with E-state index in [9.17, 15) is 5.11 Å². The highest BCUT2D eigenvalue weighted by atomic mass is 16.7. The third kappa shape index (κ3) is 2.92. The molecule has 0 saturated carbocycles. The number of hydrogen-bond acceptors (Lipinski definition) is 5. The fourth-order valence-electron chi connectivity index (χ4n) is 1.90. The van der Waals surface area contributed by atoms with Gasteiger partial charge in [0, 0.05) is 20.3 Å². The Kier molecular flexibility index (Phi) is 5.81. The molecule has 1 N–H and O–H groups in total. The van der Waals surface area contributed by atoms with Crippen LogP contribution in [0.5, 0.6) is 0 Å². The van der Waals surface area contributed by atoms with Gasteiger partial charge < -0.3 is 24.1 Å². The van der Waals surface area contributed by atoms with Crippen molar-refractivity contribution in [3.8, 4) is 0 Å². The smallest absolute Gasteiger partial charge is 0.193 e. The maximum atomic E-state index is 10.3. The van der Waals surface area contributed by atoms with Crippen LogP contribution < -0.4 is 0 Å². The zero-order valence-electron chi connectivity index (χ0n) is 11.4. The van der Waals surface area contributed by atoms with E-state index in [1.165, 1.54) is 7.11 Å². The van der Waals surface area contributed by atoms with Crippen LogP contribution >= 0.6 is 0 Å². The van der Waals surface area contributed by atoms with Crippen molar-refractivity contribution in [2.45, 2.75) is 31.8 Å². The number of hydrogen-bond donors (Lipinski definition) is 1. The minimum absolute atomic E-state index is 0.469. The lowest BCUT2D eigenvalue weighted by Crippen LogP contribution is -2.54. The minimum atomic E-state index is -1.05. The Labute approximate surface area is 108 Å². The molecule has 2 unspecified atom stereocenters. The summed E-state index contributed by atoms with van der Waals surface area (Å²) in [6.07, 6.45) is 3.46. The molecule has 0 bridgehead atoms. The van der Waals surface area contributed by atoms with Gasteiger partial charge in [0.2, 0.25) is 0 Å². The Morgan fingerprint density at radius 2 is 1.89 bits per heavy atom. The van der Waals surface area contributed by atoms with E-state index in [0.717, 1.165) is 0 Å². The van der Waals surface area contributed by atoms with Gasteiger partial charge in [-0.05, 0) is 32.1 Å². The van der Waals surface area contributed by atoms with Crippen LogP contribution in [0.4, 0.5) is 0 Å². The standard InChI is InChI=1S/C13H22O5/c1-5-17-12(18-6-2)13(16-4)8-7-10(15-3)9-11(13)14/h7-9,11-12,14H,5-6H2,1-4H3. The van der Waals surface area contributed by atoms with E-state index in [1.54, 1.807) is 25.3 Å². The Hall–Kier alpha value is -0.880. The quantitative estimate of drug-likeness (QED) is 0.696. The maximum Gasteiger partial charge on any atom is 0.193 e. The largest absolute Gasteiger partial charge is 0.497 e. The fraction of sp³-hybridized carbons (Fsp3) is 0.692. The molecule has 1 rings (SSSR count). The molecule has 0 aliphatic heterocycles. The summed E-state index contributed by atoms with van der Waals surface area (Å²) in [5.74, 6) is 0.585. The van der Waals surface area contributed by atoms with Crippen LogP contribution in [0.25, 0.3) is 0 Å². The van der Waals surface area contributed by atoms with Gasteiger partial charge in [0.05, 0.1) is 7.11 Å². The number of ether oxygens (including phenoxy) is 4. The molecule has 0 heterocycles. The average Bonchev–Trinajstić information content (AvgIpc) is 2.39. The molecule has 0 amide bonds. The Bertz CT molecular complexity index is 307. The van der Waals surface area contributed by atoms with Crippen LogP contribution in [-0.2, 0) is 18.9 Å². The monoisotopic (exact) mass is 258 g/mol. The van der Waals surface area contributed by atoms with E-state index in [0.29, 0.717) is 19.0 Å². The maximum absolute atomic E-state index is 10.3. The summed E-state index contributed by atoms with van der Waals surface area (Å²) in [4.78, 5) is 0. The second-order valence-electron chi connectivity index (χ2n) is 3.85. The van der Waals surface area contributed by atoms with Gasteiger partial charge in [-0.1, -0.05) is 0 Å². The highest BCUT2D eigenvalue weighted by molar-refractivity contribution is 5.29. The lowest BCUT2D eigenvalue weighted by atomic mass is 9.90. The normalized spacial score (nSPS) is 27.4. The van der Waals surface area contributed by atoms with E-state index < -0.39 is 18.0 Å². The van der Waals surface area contributed by atoms with Crippen LogP contribution in [0.3, 0.4) is 0 Å². The molecular formula is C13H22O5. The van der Waals surface area contributed by atoms with Crippen molar-refractivity contribution in [2.75, 3.05) is 27.4 Å². The van der Waals surface area contributed by atoms with E-state index in [4.69, 9.17) is 18.9 Å². The van der Waals surface area contributed by atoms with Crippen molar-refractivity contribution in [1.82, 2.24) is 0 Å². The van der Waals surface area contributed by atoms with Gasteiger partial charge in [0.15, 0.2) is 11.9 Å². The number of allylic oxidation sites excluding steroid dienone is 1. The lowest BCUT2D eigenvalue weighted by molar-refractivity contribution is -0.247. The summed E-state index contributed by atoms with van der Waals surface area (Å²) in [7, 11) is 3.06. The summed E-state index contributed by atoms with van der Waals surface area (Å²) in [6.45, 7) is 4.67. The van der Waals surface area contributed by atoms with E-state index in [1.807, 2.05) is 13.8 Å². The van der Waals surface area contributed by atoms with Crippen molar-refractivity contribution >= 4 is 0 Å². The molecular weight excluding hydrogens is 236 g/mol. The summed E-state index contributed by atoms with van der Waals surface area (Å²) >= 11 is 0. The van der Waals surface area contributed by atoms with Crippen LogP contribution in [0, 0.1) is 0 Å². The van der Waals surface area contributed by atoms with Gasteiger partial charge in [-0.25, -0.2) is 0 Å². The van der Waals surface area contributed by atoms with Crippen LogP contribution in [0.1, 0.15) is 13.8 Å². The first kappa shape index (κ1) is 15.2. The molecule has 0 spiro atoms. The predicted octanol–water partition coefficient (Wildman–Crippen LogP) is 1.23. The van der Waals surface area contributed by atoms with Crippen molar-refractivity contribution < 1.29 is 24.1 Å². The molecule has 0 radical (unpaired) electrons. The summed E-state index contributed by atoms with van der Waals surface area (Å²) in [5, 5.41) is 10.3. The van der Waals surface area contributed by atoms with Gasteiger partial charge in [0.25, 0.3) is 0 Å². The summed E-state index contributed by atoms with van der Waals surface area (Å²) in [6, 6.07) is 0. The third-order valence-corrected chi connectivity index (χ3v) is 2.89. The Balaban J connectivity index is 2.98. The molecule has 18 heavy (non-hydrogen) atoms. The van der Waals surface area contributed by atoms with Gasteiger partial charge in [-0.2, -0.15) is 0 Å². The fourth-order valence-corrected chi connectivity index (χ4v) is 1.90. The van der Waals surface area contributed by atoms with Crippen molar-refractivity contribution in [3.05, 3.63) is 24.0 Å². The van der Waals surface area contributed by atoms with Gasteiger partial charge in [0.1, 0.15) is 11.9 Å². The molecule has 104 valence electrons. The van der Waals surface area contributed by atoms with Gasteiger partial charge in [-0.3, -0.25) is 0 Å². The van der Waals surface area contributed by atoms with Crippen LogP contribution in [-0.4, -0.2) is 50.5 Å². The molecule has 0 aromatic rings. The average molecular weight is 258 g/mol. The number of methoxy groups -OCH3 is 2. The first-order chi connectivity index (χ1) is 8.64. The Morgan fingerprint density at radius 3 is 2.28 bits per heavy atom. The van der Waals surface area contributed by atoms with E-state index >= 15 is 0 Å². The van der Waals surface area contributed by atoms with Crippen LogP contribution in [0.2, 0.25) is 0 Å². The van der Waals surface area contributed by atoms with Crippen molar-refractivity contribution in [1.29, 1.82) is 0 Å². The first-order valence-corrected chi connectivity index (χ1v) is 6.06. The molecule has 5 heteroatoms. The van der Waals surface area contributed by atoms with Gasteiger partial charge >= 0.3 is 0 Å². The van der Waals surface area contributed by atoms with Crippen molar-refractivity contribution in [3.63, 3.8) is 0 Å². The second kappa shape index (κ2) is 6.89. The number of aliphatic hydroxyl groups excluding tert-OH is 1. The topological polar surface area (TPSA) is 57.2 Å². The summed E-state index contributed by atoms with van der Waals surface area (Å²) in [5.41, 5.74) is -1.05. The highest BCUT2D eigenvalue weighted by Crippen LogP contribution is 2.31. The van der Waals surface area contributed by atoms with Crippen LogP contribution in [0.15, 0.2) is 24.0 Å². The lowest BCUT2D eigenvalue weighted by Gasteiger charge is -2.40. The zero-order valence-corrected chi connectivity index (χ0v) is 11.4. The zero-order chi connectivity index (χ0) is 13.6. The minimum Gasteiger partial charge on any atom is -0.497 e. The molecule has 1 aliphatic rings. The van der Waals surface area contributed by atoms with E-state index in [-0.39, 0.29) is 0 Å². The summed E-state index contributed by atoms with van der Waals surface area (Å²) < 4.78 is 21.6. The molecule has 2 atom stereocenters. The van der Waals surface area contributed by atoms with Gasteiger partial charge in [-0.15, -0.1) is 0 Å². The first-order valence-electron chi connectivity index (χ1n) is 6.06. The third-order valence-electron chi connectivity index (χ3n) is 2.89. The predicted molar refractivity (Wildman–Crippen MR) is 67.0 cm³/mol. The highest BCUT2D eigenvalue weighted by Gasteiger charge is 2.46. The Morgan fingerprint density at radius 1 is 1.28 bits per heavy atom. The molecule has 5 nitrogen and oxygen atoms in total. The number of aliphatic hydroxyl groups is 1. The SMILES string of the molecule is CCOC(OCC)C1(OC)C=CC(OC)=CC1O. The van der Waals surface area contributed by atoms with E-state index in [2.05, 4.69) is 0 Å². The van der Waals surface area contributed by atoms with Crippen molar-refractivity contribution in [2.24, 2.45) is 0 Å². The molecule has 0 aromatic carbocycles. The second-order valence-corrected chi connectivity index (χ2v) is 3.85. The molecule has 0 fully saturated rings. The molecule has 1 aliphatic carbocycles. The molecule has 0 saturated heterocycles. The number of rotatable bonds is 7. The molecule has 0 aromatic heterocycles.